The normalized spacial score (nSPS) is 13.3. The zero-order valence-corrected chi connectivity index (χ0v) is 17.5. The molecular weight excluding hydrogens is 426 g/mol. The number of likely N-dealkylation sites (tertiary alicyclic amines) is 1. The van der Waals surface area contributed by atoms with Crippen molar-refractivity contribution in [2.24, 2.45) is 0 Å². The number of amides is 1. The number of methoxy groups -OCH3 is 2. The Bertz CT molecular complexity index is 835. The van der Waals surface area contributed by atoms with Crippen LogP contribution in [0.25, 0.3) is 0 Å². The van der Waals surface area contributed by atoms with Gasteiger partial charge in [0.15, 0.2) is 0 Å². The quantitative estimate of drug-likeness (QED) is 0.624. The average molecular weight is 448 g/mol. The lowest BCUT2D eigenvalue weighted by Crippen LogP contribution is -2.27. The molecule has 0 atom stereocenters. The monoisotopic (exact) mass is 447 g/mol. The Kier molecular flexibility index (Phi) is 6.57. The molecule has 2 aromatic rings. The zero-order valence-electron chi connectivity index (χ0n) is 15.9. The first-order valence-corrected chi connectivity index (χ1v) is 9.79. The number of carbonyl (C=O) groups is 2. The van der Waals surface area contributed by atoms with Crippen LogP contribution in [0.1, 0.15) is 39.1 Å². The van der Waals surface area contributed by atoms with E-state index in [1.165, 1.54) is 14.2 Å². The number of rotatable bonds is 6. The molecule has 1 aliphatic rings. The van der Waals surface area contributed by atoms with E-state index in [-0.39, 0.29) is 12.5 Å². The van der Waals surface area contributed by atoms with E-state index >= 15 is 0 Å². The van der Waals surface area contributed by atoms with Gasteiger partial charge in [0.2, 0.25) is 0 Å². The first-order valence-electron chi connectivity index (χ1n) is 9.00. The summed E-state index contributed by atoms with van der Waals surface area (Å²) < 4.78 is 16.5. The van der Waals surface area contributed by atoms with Gasteiger partial charge in [-0.3, -0.25) is 4.79 Å². The summed E-state index contributed by atoms with van der Waals surface area (Å²) >= 11 is 3.37. The lowest BCUT2D eigenvalue weighted by Gasteiger charge is -2.15. The maximum absolute atomic E-state index is 12.4. The summed E-state index contributed by atoms with van der Waals surface area (Å²) in [4.78, 5) is 26.6. The van der Waals surface area contributed by atoms with Crippen molar-refractivity contribution < 1.29 is 23.8 Å². The first-order chi connectivity index (χ1) is 13.5. The Morgan fingerprint density at radius 1 is 0.964 bits per heavy atom. The smallest absolute Gasteiger partial charge is 0.338 e. The van der Waals surface area contributed by atoms with E-state index in [0.717, 1.165) is 31.5 Å². The van der Waals surface area contributed by atoms with Crippen LogP contribution in [0.3, 0.4) is 0 Å². The first kappa shape index (κ1) is 20.2. The Morgan fingerprint density at radius 3 is 2.07 bits per heavy atom. The standard InChI is InChI=1S/C21H22BrNO5/c1-26-17-11-16(12-18(27-2)19(17)22)21(25)28-13-14-5-7-15(8-6-14)20(24)23-9-3-4-10-23/h5-8,11-12H,3-4,9-10,13H2,1-2H3. The van der Waals surface area contributed by atoms with Crippen molar-refractivity contribution in [2.75, 3.05) is 27.3 Å². The van der Waals surface area contributed by atoms with Crippen LogP contribution < -0.4 is 9.47 Å². The van der Waals surface area contributed by atoms with Gasteiger partial charge >= 0.3 is 5.97 Å². The third-order valence-corrected chi connectivity index (χ3v) is 5.43. The Morgan fingerprint density at radius 2 is 1.54 bits per heavy atom. The molecule has 0 aliphatic carbocycles. The molecule has 2 aromatic carbocycles. The third-order valence-electron chi connectivity index (χ3n) is 4.65. The molecule has 7 heteroatoms. The van der Waals surface area contributed by atoms with Gasteiger partial charge in [0, 0.05) is 18.7 Å². The van der Waals surface area contributed by atoms with Crippen LogP contribution >= 0.6 is 15.9 Å². The summed E-state index contributed by atoms with van der Waals surface area (Å²) in [5, 5.41) is 0. The highest BCUT2D eigenvalue weighted by molar-refractivity contribution is 9.10. The largest absolute Gasteiger partial charge is 0.495 e. The minimum atomic E-state index is -0.485. The summed E-state index contributed by atoms with van der Waals surface area (Å²) in [6, 6.07) is 10.3. The second kappa shape index (κ2) is 9.10. The van der Waals surface area contributed by atoms with Crippen LogP contribution in [-0.2, 0) is 11.3 Å². The fourth-order valence-electron chi connectivity index (χ4n) is 3.07. The Hall–Kier alpha value is -2.54. The second-order valence-electron chi connectivity index (χ2n) is 6.47. The highest BCUT2D eigenvalue weighted by atomic mass is 79.9. The van der Waals surface area contributed by atoms with Gasteiger partial charge in [0.1, 0.15) is 22.6 Å². The van der Waals surface area contributed by atoms with Gasteiger partial charge in [0.05, 0.1) is 19.8 Å². The van der Waals surface area contributed by atoms with Gasteiger partial charge in [0.25, 0.3) is 5.91 Å². The van der Waals surface area contributed by atoms with E-state index in [4.69, 9.17) is 14.2 Å². The molecule has 148 valence electrons. The van der Waals surface area contributed by atoms with Gasteiger partial charge in [-0.25, -0.2) is 4.79 Å². The van der Waals surface area contributed by atoms with Crippen LogP contribution in [0, 0.1) is 0 Å². The molecule has 0 unspecified atom stereocenters. The molecule has 1 amide bonds. The van der Waals surface area contributed by atoms with Crippen LogP contribution in [0.4, 0.5) is 0 Å². The number of hydrogen-bond donors (Lipinski definition) is 0. The number of halogens is 1. The predicted octanol–water partition coefficient (Wildman–Crippen LogP) is 4.06. The summed E-state index contributed by atoms with van der Waals surface area (Å²) in [5.41, 5.74) is 1.79. The fraction of sp³-hybridized carbons (Fsp3) is 0.333. The molecule has 1 heterocycles. The second-order valence-corrected chi connectivity index (χ2v) is 7.26. The van der Waals surface area contributed by atoms with E-state index in [1.54, 1.807) is 36.4 Å². The van der Waals surface area contributed by atoms with E-state index in [9.17, 15) is 9.59 Å². The molecule has 0 saturated carbocycles. The van der Waals surface area contributed by atoms with Crippen molar-refractivity contribution in [3.63, 3.8) is 0 Å². The third kappa shape index (κ3) is 4.47. The molecule has 3 rings (SSSR count). The van der Waals surface area contributed by atoms with Crippen LogP contribution in [0.2, 0.25) is 0 Å². The van der Waals surface area contributed by atoms with Gasteiger partial charge < -0.3 is 19.1 Å². The molecule has 6 nitrogen and oxygen atoms in total. The molecule has 0 spiro atoms. The van der Waals surface area contributed by atoms with Crippen molar-refractivity contribution in [2.45, 2.75) is 19.4 Å². The van der Waals surface area contributed by atoms with Gasteiger partial charge in [-0.05, 0) is 58.6 Å². The topological polar surface area (TPSA) is 65.1 Å². The molecule has 0 bridgehead atoms. The van der Waals surface area contributed by atoms with Gasteiger partial charge in [-0.15, -0.1) is 0 Å². The molecule has 0 radical (unpaired) electrons. The molecule has 0 N–H and O–H groups in total. The summed E-state index contributed by atoms with van der Waals surface area (Å²) in [6.45, 7) is 1.74. The van der Waals surface area contributed by atoms with Crippen molar-refractivity contribution in [1.29, 1.82) is 0 Å². The van der Waals surface area contributed by atoms with Crippen LogP contribution in [0.5, 0.6) is 11.5 Å². The molecule has 28 heavy (non-hydrogen) atoms. The van der Waals surface area contributed by atoms with Gasteiger partial charge in [-0.2, -0.15) is 0 Å². The van der Waals surface area contributed by atoms with Crippen molar-refractivity contribution in [3.05, 3.63) is 57.6 Å². The van der Waals surface area contributed by atoms with Gasteiger partial charge in [-0.1, -0.05) is 12.1 Å². The minimum Gasteiger partial charge on any atom is -0.495 e. The number of hydrogen-bond acceptors (Lipinski definition) is 5. The SMILES string of the molecule is COc1cc(C(=O)OCc2ccc(C(=O)N3CCCC3)cc2)cc(OC)c1Br. The van der Waals surface area contributed by atoms with E-state index in [1.807, 2.05) is 4.90 Å². The Balaban J connectivity index is 1.64. The minimum absolute atomic E-state index is 0.0510. The zero-order chi connectivity index (χ0) is 20.1. The molecule has 1 fully saturated rings. The lowest BCUT2D eigenvalue weighted by atomic mass is 10.1. The van der Waals surface area contributed by atoms with E-state index in [0.29, 0.717) is 27.1 Å². The molecular formula is C21H22BrNO5. The highest BCUT2D eigenvalue weighted by Gasteiger charge is 2.19. The number of nitrogens with zero attached hydrogens (tertiary/aromatic N) is 1. The maximum atomic E-state index is 12.4. The highest BCUT2D eigenvalue weighted by Crippen LogP contribution is 2.35. The van der Waals surface area contributed by atoms with Crippen LogP contribution in [-0.4, -0.2) is 44.1 Å². The van der Waals surface area contributed by atoms with Crippen molar-refractivity contribution >= 4 is 27.8 Å². The van der Waals surface area contributed by atoms with Crippen LogP contribution in [0.15, 0.2) is 40.9 Å². The fourth-order valence-corrected chi connectivity index (χ4v) is 3.62. The summed E-state index contributed by atoms with van der Waals surface area (Å²) in [5.74, 6) is 0.531. The predicted molar refractivity (Wildman–Crippen MR) is 108 cm³/mol. The van der Waals surface area contributed by atoms with Crippen molar-refractivity contribution in [3.8, 4) is 11.5 Å². The lowest BCUT2D eigenvalue weighted by molar-refractivity contribution is 0.0471. The van der Waals surface area contributed by atoms with E-state index < -0.39 is 5.97 Å². The number of ether oxygens (including phenoxy) is 3. The van der Waals surface area contributed by atoms with Crippen molar-refractivity contribution in [1.82, 2.24) is 4.90 Å². The maximum Gasteiger partial charge on any atom is 0.338 e. The summed E-state index contributed by atoms with van der Waals surface area (Å²) in [6.07, 6.45) is 2.12. The summed E-state index contributed by atoms with van der Waals surface area (Å²) in [7, 11) is 3.03. The molecule has 1 saturated heterocycles. The molecule has 0 aromatic heterocycles. The number of carbonyl (C=O) groups excluding carboxylic acids is 2. The number of esters is 1. The van der Waals surface area contributed by atoms with E-state index in [2.05, 4.69) is 15.9 Å². The average Bonchev–Trinajstić information content (AvgIpc) is 3.27. The molecule has 1 aliphatic heterocycles. The Labute approximate surface area is 172 Å². The number of benzene rings is 2.